The summed E-state index contributed by atoms with van der Waals surface area (Å²) < 4.78 is 11.0. The van der Waals surface area contributed by atoms with Crippen molar-refractivity contribution >= 4 is 29.1 Å². The lowest BCUT2D eigenvalue weighted by molar-refractivity contribution is 0.0954. The number of hydrogen-bond acceptors (Lipinski definition) is 5. The van der Waals surface area contributed by atoms with Crippen LogP contribution < -0.4 is 14.8 Å². The van der Waals surface area contributed by atoms with Crippen molar-refractivity contribution in [2.24, 2.45) is 4.99 Å². The summed E-state index contributed by atoms with van der Waals surface area (Å²) in [6, 6.07) is 20.0. The van der Waals surface area contributed by atoms with Gasteiger partial charge in [0, 0.05) is 33.2 Å². The van der Waals surface area contributed by atoms with Crippen molar-refractivity contribution in [3.05, 3.63) is 77.4 Å². The first kappa shape index (κ1) is 23.9. The molecule has 5 nitrogen and oxygen atoms in total. The standard InChI is InChI=1S/C28H30N2O3S/c1-4-8-22-21-9-6-7-10-26(21)34-27-14-12-20(18-23(27)30-22)28(31)29-16-15-19-11-13-24(32-3)25(17-19)33-5-2/h6-7,9-14,17-18H,4-5,8,15-16H2,1-3H3,(H,29,31). The lowest BCUT2D eigenvalue weighted by atomic mass is 10.1. The van der Waals surface area contributed by atoms with Gasteiger partial charge in [0.2, 0.25) is 0 Å². The quantitative estimate of drug-likeness (QED) is 0.387. The number of fused-ring (bicyclic) bond motifs is 2. The lowest BCUT2D eigenvalue weighted by Crippen LogP contribution is -2.25. The summed E-state index contributed by atoms with van der Waals surface area (Å²) >= 11 is 1.71. The maximum absolute atomic E-state index is 12.9. The topological polar surface area (TPSA) is 59.9 Å². The van der Waals surface area contributed by atoms with Gasteiger partial charge in [-0.25, -0.2) is 0 Å². The first-order valence-electron chi connectivity index (χ1n) is 11.7. The highest BCUT2D eigenvalue weighted by Gasteiger charge is 2.18. The van der Waals surface area contributed by atoms with Crippen LogP contribution in [-0.2, 0) is 6.42 Å². The summed E-state index contributed by atoms with van der Waals surface area (Å²) in [5.41, 5.74) is 4.81. The third kappa shape index (κ3) is 5.45. The summed E-state index contributed by atoms with van der Waals surface area (Å²) in [6.07, 6.45) is 2.62. The molecule has 0 spiro atoms. The number of ether oxygens (including phenoxy) is 2. The predicted molar refractivity (Wildman–Crippen MR) is 138 cm³/mol. The molecule has 34 heavy (non-hydrogen) atoms. The van der Waals surface area contributed by atoms with Gasteiger partial charge < -0.3 is 14.8 Å². The average molecular weight is 475 g/mol. The maximum Gasteiger partial charge on any atom is 0.251 e. The summed E-state index contributed by atoms with van der Waals surface area (Å²) in [4.78, 5) is 20.1. The molecule has 4 rings (SSSR count). The summed E-state index contributed by atoms with van der Waals surface area (Å²) in [7, 11) is 1.63. The highest BCUT2D eigenvalue weighted by atomic mass is 32.2. The molecular weight excluding hydrogens is 444 g/mol. The van der Waals surface area contributed by atoms with Crippen molar-refractivity contribution < 1.29 is 14.3 Å². The summed E-state index contributed by atoms with van der Waals surface area (Å²) in [6.45, 7) is 5.20. The minimum Gasteiger partial charge on any atom is -0.493 e. The molecule has 1 aliphatic rings. The molecule has 0 unspecified atom stereocenters. The molecule has 6 heteroatoms. The number of carbonyl (C=O) groups excluding carboxylic acids is 1. The van der Waals surface area contributed by atoms with E-state index in [1.165, 1.54) is 10.5 Å². The van der Waals surface area contributed by atoms with Gasteiger partial charge in [-0.2, -0.15) is 0 Å². The van der Waals surface area contributed by atoms with Crippen LogP contribution >= 0.6 is 11.8 Å². The van der Waals surface area contributed by atoms with Crippen LogP contribution in [0.5, 0.6) is 11.5 Å². The number of hydrogen-bond donors (Lipinski definition) is 1. The Hall–Kier alpha value is -3.25. The van der Waals surface area contributed by atoms with E-state index in [4.69, 9.17) is 14.5 Å². The normalized spacial score (nSPS) is 12.1. The van der Waals surface area contributed by atoms with Gasteiger partial charge in [-0.15, -0.1) is 0 Å². The van der Waals surface area contributed by atoms with E-state index in [1.54, 1.807) is 18.9 Å². The van der Waals surface area contributed by atoms with Crippen molar-refractivity contribution in [1.82, 2.24) is 5.32 Å². The van der Waals surface area contributed by atoms with Crippen LogP contribution in [0.25, 0.3) is 0 Å². The van der Waals surface area contributed by atoms with Gasteiger partial charge in [-0.3, -0.25) is 9.79 Å². The zero-order chi connectivity index (χ0) is 23.9. The number of nitrogens with one attached hydrogen (secondary N) is 1. The van der Waals surface area contributed by atoms with E-state index in [9.17, 15) is 4.79 Å². The van der Waals surface area contributed by atoms with Gasteiger partial charge in [-0.05, 0) is 61.7 Å². The molecule has 1 heterocycles. The number of carbonyl (C=O) groups is 1. The zero-order valence-corrected chi connectivity index (χ0v) is 20.7. The largest absolute Gasteiger partial charge is 0.493 e. The van der Waals surface area contributed by atoms with Crippen molar-refractivity contribution in [2.45, 2.75) is 42.9 Å². The summed E-state index contributed by atoms with van der Waals surface area (Å²) in [5.74, 6) is 1.33. The Morgan fingerprint density at radius 1 is 0.971 bits per heavy atom. The molecule has 0 aliphatic carbocycles. The van der Waals surface area contributed by atoms with Gasteiger partial charge in [0.15, 0.2) is 11.5 Å². The lowest BCUT2D eigenvalue weighted by Gasteiger charge is -2.12. The molecule has 0 aromatic heterocycles. The molecular formula is C28H30N2O3S. The predicted octanol–water partition coefficient (Wildman–Crippen LogP) is 6.45. The third-order valence-corrected chi connectivity index (χ3v) is 6.75. The number of amides is 1. The Balaban J connectivity index is 1.47. The molecule has 0 fully saturated rings. The molecule has 0 saturated carbocycles. The number of methoxy groups -OCH3 is 1. The number of rotatable bonds is 9. The Morgan fingerprint density at radius 3 is 2.62 bits per heavy atom. The summed E-state index contributed by atoms with van der Waals surface area (Å²) in [5, 5.41) is 3.04. The van der Waals surface area contributed by atoms with E-state index >= 15 is 0 Å². The number of aliphatic imine (C=N–C) groups is 1. The van der Waals surface area contributed by atoms with Crippen LogP contribution in [0.2, 0.25) is 0 Å². The maximum atomic E-state index is 12.9. The monoisotopic (exact) mass is 474 g/mol. The molecule has 0 saturated heterocycles. The minimum absolute atomic E-state index is 0.0969. The van der Waals surface area contributed by atoms with Crippen LogP contribution in [0.4, 0.5) is 5.69 Å². The second kappa shape index (κ2) is 11.3. The molecule has 1 aliphatic heterocycles. The van der Waals surface area contributed by atoms with Gasteiger partial charge >= 0.3 is 0 Å². The fourth-order valence-electron chi connectivity index (χ4n) is 3.95. The van der Waals surface area contributed by atoms with Crippen LogP contribution in [0.3, 0.4) is 0 Å². The molecule has 3 aromatic rings. The van der Waals surface area contributed by atoms with Crippen molar-refractivity contribution in [3.63, 3.8) is 0 Å². The van der Waals surface area contributed by atoms with Crippen molar-refractivity contribution in [3.8, 4) is 11.5 Å². The van der Waals surface area contributed by atoms with E-state index in [1.807, 2.05) is 43.3 Å². The smallest absolute Gasteiger partial charge is 0.251 e. The first-order chi connectivity index (χ1) is 16.6. The fourth-order valence-corrected chi connectivity index (χ4v) is 4.97. The molecule has 1 N–H and O–H groups in total. The molecule has 0 bridgehead atoms. The Kier molecular flexibility index (Phi) is 7.91. The van der Waals surface area contributed by atoms with Crippen molar-refractivity contribution in [2.75, 3.05) is 20.3 Å². The highest BCUT2D eigenvalue weighted by molar-refractivity contribution is 7.99. The van der Waals surface area contributed by atoms with E-state index in [0.29, 0.717) is 30.9 Å². The van der Waals surface area contributed by atoms with Crippen LogP contribution in [0.1, 0.15) is 48.2 Å². The zero-order valence-electron chi connectivity index (χ0n) is 19.9. The Morgan fingerprint density at radius 2 is 1.82 bits per heavy atom. The van der Waals surface area contributed by atoms with Gasteiger partial charge in [0.25, 0.3) is 5.91 Å². The van der Waals surface area contributed by atoms with Gasteiger partial charge in [0.05, 0.1) is 19.4 Å². The highest BCUT2D eigenvalue weighted by Crippen LogP contribution is 2.41. The second-order valence-electron chi connectivity index (χ2n) is 8.01. The third-order valence-electron chi connectivity index (χ3n) is 5.61. The van der Waals surface area contributed by atoms with E-state index in [-0.39, 0.29) is 5.91 Å². The number of nitrogens with zero attached hydrogens (tertiary/aromatic N) is 1. The average Bonchev–Trinajstić information content (AvgIpc) is 3.00. The fraction of sp³-hybridized carbons (Fsp3) is 0.286. The Bertz CT molecular complexity index is 1210. The molecule has 1 amide bonds. The second-order valence-corrected chi connectivity index (χ2v) is 9.10. The van der Waals surface area contributed by atoms with Crippen LogP contribution in [0.15, 0.2) is 75.4 Å². The first-order valence-corrected chi connectivity index (χ1v) is 12.5. The van der Waals surface area contributed by atoms with E-state index in [2.05, 4.69) is 36.5 Å². The van der Waals surface area contributed by atoms with Crippen molar-refractivity contribution in [1.29, 1.82) is 0 Å². The minimum atomic E-state index is -0.0969. The molecule has 0 atom stereocenters. The molecule has 176 valence electrons. The van der Waals surface area contributed by atoms with Gasteiger partial charge in [0.1, 0.15) is 0 Å². The van der Waals surface area contributed by atoms with Gasteiger partial charge in [-0.1, -0.05) is 49.4 Å². The number of benzene rings is 3. The molecule has 3 aromatic carbocycles. The Labute approximate surface area is 205 Å². The molecule has 0 radical (unpaired) electrons. The van der Waals surface area contributed by atoms with E-state index < -0.39 is 0 Å². The van der Waals surface area contributed by atoms with Crippen LogP contribution in [0, 0.1) is 0 Å². The SMILES string of the molecule is CCCC1=Nc2cc(C(=O)NCCc3ccc(OC)c(OCC)c3)ccc2Sc2ccccc21. The van der Waals surface area contributed by atoms with E-state index in [0.717, 1.165) is 40.4 Å². The van der Waals surface area contributed by atoms with Crippen LogP contribution in [-0.4, -0.2) is 31.9 Å².